The van der Waals surface area contributed by atoms with E-state index in [0.717, 1.165) is 6.92 Å². The second-order valence-electron chi connectivity index (χ2n) is 2.93. The second kappa shape index (κ2) is 11.3. The molecule has 0 aliphatic carbocycles. The van der Waals surface area contributed by atoms with Crippen LogP contribution in [-0.2, 0) is 4.79 Å². The number of rotatable bonds is 0. The third-order valence-electron chi connectivity index (χ3n) is 1.43. The molecule has 1 heterocycles. The number of halogens is 2. The van der Waals surface area contributed by atoms with Gasteiger partial charge in [-0.1, -0.05) is 35.3 Å². The van der Waals surface area contributed by atoms with Gasteiger partial charge in [-0.25, -0.2) is 9.97 Å². The molecule has 0 spiro atoms. The summed E-state index contributed by atoms with van der Waals surface area (Å²) in [6.07, 6.45) is 4.88. The maximum absolute atomic E-state index is 9.33. The summed E-state index contributed by atoms with van der Waals surface area (Å²) in [5, 5.41) is 3.21. The van der Waals surface area contributed by atoms with Crippen molar-refractivity contribution in [3.8, 4) is 0 Å². The molecule has 100 valence electrons. The van der Waals surface area contributed by atoms with Gasteiger partial charge >= 0.3 is 0 Å². The van der Waals surface area contributed by atoms with E-state index < -0.39 is 5.91 Å². The zero-order valence-corrected chi connectivity index (χ0v) is 11.5. The van der Waals surface area contributed by atoms with Gasteiger partial charge in [0.2, 0.25) is 0 Å². The summed E-state index contributed by atoms with van der Waals surface area (Å²) in [7, 11) is 0. The van der Waals surface area contributed by atoms with Crippen LogP contribution in [0.25, 0.3) is 0 Å². The van der Waals surface area contributed by atoms with Crippen molar-refractivity contribution in [2.45, 2.75) is 6.92 Å². The zero-order valence-electron chi connectivity index (χ0n) is 10.0. The topological polar surface area (TPSA) is 72.3 Å². The average Bonchev–Trinajstić information content (AvgIpc) is 2.45. The largest absolute Gasteiger partial charge is 0.283 e. The highest BCUT2D eigenvalue weighted by atomic mass is 35.5. The van der Waals surface area contributed by atoms with Crippen molar-refractivity contribution >= 4 is 29.1 Å². The van der Waals surface area contributed by atoms with Crippen LogP contribution in [0.2, 0.25) is 10.0 Å². The summed E-state index contributed by atoms with van der Waals surface area (Å²) in [5.74, 6) is -0.676. The molecule has 0 bridgehead atoms. The first kappa shape index (κ1) is 17.2. The number of carbonyl (C=O) groups is 1. The van der Waals surface area contributed by atoms with Gasteiger partial charge in [0.15, 0.2) is 0 Å². The maximum atomic E-state index is 9.33. The van der Waals surface area contributed by atoms with Crippen molar-refractivity contribution in [3.63, 3.8) is 0 Å². The van der Waals surface area contributed by atoms with E-state index in [0.29, 0.717) is 10.0 Å². The molecule has 2 aromatic rings. The highest BCUT2D eigenvalue weighted by Gasteiger charge is 1.89. The zero-order chi connectivity index (χ0) is 14.5. The number of hydrogen-bond donors (Lipinski definition) is 0. The number of carbonyl (C=O) groups excluding carboxylic acids is 1. The van der Waals surface area contributed by atoms with Gasteiger partial charge in [-0.05, 0) is 18.2 Å². The van der Waals surface area contributed by atoms with Crippen LogP contribution >= 0.6 is 23.2 Å². The predicted molar refractivity (Wildman–Crippen MR) is 75.0 cm³/mol. The van der Waals surface area contributed by atoms with Gasteiger partial charge in [-0.3, -0.25) is 4.79 Å². The molecule has 0 saturated carbocycles. The third kappa shape index (κ3) is 11.0. The van der Waals surface area contributed by atoms with Crippen LogP contribution in [0.5, 0.6) is 0 Å². The summed E-state index contributed by atoms with van der Waals surface area (Å²) >= 11 is 11.2. The first-order valence-electron chi connectivity index (χ1n) is 5.02. The number of amides is 1. The highest BCUT2D eigenvalue weighted by Crippen LogP contribution is 2.19. The van der Waals surface area contributed by atoms with Crippen LogP contribution in [-0.4, -0.2) is 15.9 Å². The van der Waals surface area contributed by atoms with Crippen LogP contribution in [0.4, 0.5) is 0 Å². The van der Waals surface area contributed by atoms with Crippen LogP contribution < -0.4 is 0 Å². The number of nitroso groups, excluding NO2 is 1. The third-order valence-corrected chi connectivity index (χ3v) is 2.19. The minimum absolute atomic E-state index is 0.606. The van der Waals surface area contributed by atoms with E-state index in [2.05, 4.69) is 9.97 Å². The molecule has 5 nitrogen and oxygen atoms in total. The van der Waals surface area contributed by atoms with Gasteiger partial charge in [-0.2, -0.15) is 0 Å². The average molecular weight is 300 g/mol. The van der Waals surface area contributed by atoms with E-state index in [1.165, 1.54) is 6.33 Å². The Kier molecular flexibility index (Phi) is 10.2. The molecule has 1 amide bonds. The molecule has 0 radical (unpaired) electrons. The molecule has 0 fully saturated rings. The molecule has 0 atom stereocenters. The Morgan fingerprint density at radius 1 is 1.05 bits per heavy atom. The fourth-order valence-corrected chi connectivity index (χ4v) is 0.964. The van der Waals surface area contributed by atoms with Crippen LogP contribution in [0, 0.1) is 4.91 Å². The van der Waals surface area contributed by atoms with E-state index in [4.69, 9.17) is 28.1 Å². The summed E-state index contributed by atoms with van der Waals surface area (Å²) in [4.78, 5) is 25.6. The fourth-order valence-electron chi connectivity index (χ4n) is 0.693. The van der Waals surface area contributed by atoms with E-state index >= 15 is 0 Å². The minimum Gasteiger partial charge on any atom is -0.269 e. The Morgan fingerprint density at radius 2 is 1.47 bits per heavy atom. The lowest BCUT2D eigenvalue weighted by Crippen LogP contribution is -1.74. The quantitative estimate of drug-likeness (QED) is 0.694. The lowest BCUT2D eigenvalue weighted by Gasteiger charge is -1.88. The molecule has 0 N–H and O–H groups in total. The maximum Gasteiger partial charge on any atom is 0.283 e. The predicted octanol–water partition coefficient (Wildman–Crippen LogP) is 3.77. The standard InChI is InChI=1S/C6H4Cl2.C4H4N2.C2H3NO2/c7-5-3-1-2-4-6(5)8;1-2-5-4-6-3-1;1-2(4)3-5/h1-4H;1-4H;1H3. The van der Waals surface area contributed by atoms with Crippen molar-refractivity contribution in [2.75, 3.05) is 0 Å². The molecule has 1 aromatic carbocycles. The van der Waals surface area contributed by atoms with E-state index in [1.807, 2.05) is 17.3 Å². The number of benzene rings is 1. The lowest BCUT2D eigenvalue weighted by atomic mass is 10.4. The van der Waals surface area contributed by atoms with E-state index in [9.17, 15) is 4.79 Å². The molecule has 1 aromatic heterocycles. The Bertz CT molecular complexity index is 448. The monoisotopic (exact) mass is 299 g/mol. The Balaban J connectivity index is 0.000000265. The highest BCUT2D eigenvalue weighted by molar-refractivity contribution is 6.41. The van der Waals surface area contributed by atoms with Crippen molar-refractivity contribution in [1.29, 1.82) is 0 Å². The Labute approximate surface area is 120 Å². The van der Waals surface area contributed by atoms with Crippen LogP contribution in [0.15, 0.2) is 54.2 Å². The van der Waals surface area contributed by atoms with Gasteiger partial charge < -0.3 is 0 Å². The molecular weight excluding hydrogens is 289 g/mol. The normalized spacial score (nSPS) is 8.16. The molecule has 2 rings (SSSR count). The van der Waals surface area contributed by atoms with Crippen molar-refractivity contribution in [3.05, 3.63) is 64.0 Å². The smallest absolute Gasteiger partial charge is 0.269 e. The Hall–Kier alpha value is -1.85. The summed E-state index contributed by atoms with van der Waals surface area (Å²) in [6, 6.07) is 8.97. The number of aromatic nitrogens is 2. The van der Waals surface area contributed by atoms with Crippen LogP contribution in [0.3, 0.4) is 0 Å². The molecular formula is C12H11Cl2N3O2. The first-order chi connectivity index (χ1) is 9.07. The summed E-state index contributed by atoms with van der Waals surface area (Å²) < 4.78 is 0. The molecule has 0 aliphatic rings. The Morgan fingerprint density at radius 3 is 1.63 bits per heavy atom. The van der Waals surface area contributed by atoms with Gasteiger partial charge in [0.25, 0.3) is 5.91 Å². The molecule has 7 heteroatoms. The SMILES string of the molecule is CC(=O)N=O.Clc1ccccc1Cl.c1cncnc1. The minimum atomic E-state index is -0.676. The van der Waals surface area contributed by atoms with Gasteiger partial charge in [-0.15, -0.1) is 4.91 Å². The van der Waals surface area contributed by atoms with E-state index in [-0.39, 0.29) is 0 Å². The number of hydrogen-bond acceptors (Lipinski definition) is 4. The molecule has 19 heavy (non-hydrogen) atoms. The summed E-state index contributed by atoms with van der Waals surface area (Å²) in [6.45, 7) is 1.10. The fraction of sp³-hybridized carbons (Fsp3) is 0.0833. The van der Waals surface area contributed by atoms with Crippen molar-refractivity contribution in [2.24, 2.45) is 5.18 Å². The van der Waals surface area contributed by atoms with Gasteiger partial charge in [0.05, 0.1) is 10.0 Å². The van der Waals surface area contributed by atoms with Crippen molar-refractivity contribution in [1.82, 2.24) is 9.97 Å². The molecule has 0 aliphatic heterocycles. The molecule has 0 saturated heterocycles. The summed E-state index contributed by atoms with van der Waals surface area (Å²) in [5.41, 5.74) is 0. The first-order valence-corrected chi connectivity index (χ1v) is 5.77. The second-order valence-corrected chi connectivity index (χ2v) is 3.74. The van der Waals surface area contributed by atoms with Gasteiger partial charge in [0.1, 0.15) is 6.33 Å². The van der Waals surface area contributed by atoms with E-state index in [1.54, 1.807) is 30.6 Å². The lowest BCUT2D eigenvalue weighted by molar-refractivity contribution is -0.115. The van der Waals surface area contributed by atoms with Crippen molar-refractivity contribution < 1.29 is 4.79 Å². The van der Waals surface area contributed by atoms with Gasteiger partial charge in [0, 0.05) is 24.5 Å². The van der Waals surface area contributed by atoms with Crippen LogP contribution in [0.1, 0.15) is 6.92 Å². The molecule has 0 unspecified atom stereocenters. The number of nitrogens with zero attached hydrogens (tertiary/aromatic N) is 3.